The minimum atomic E-state index is -3.50. The number of aromatic nitrogens is 2. The van der Waals surface area contributed by atoms with E-state index in [1.54, 1.807) is 0 Å². The zero-order valence-electron chi connectivity index (χ0n) is 10.7. The fourth-order valence-electron chi connectivity index (χ4n) is 1.56. The quantitative estimate of drug-likeness (QED) is 0.603. The normalized spacial score (nSPS) is 11.5. The molecule has 1 heterocycles. The third-order valence-electron chi connectivity index (χ3n) is 2.54. The fourth-order valence-corrected chi connectivity index (χ4v) is 2.50. The third-order valence-corrected chi connectivity index (χ3v) is 4.05. The molecule has 9 nitrogen and oxygen atoms in total. The van der Waals surface area contributed by atoms with Crippen molar-refractivity contribution in [3.63, 3.8) is 0 Å². The smallest absolute Gasteiger partial charge is 0.269 e. The van der Waals surface area contributed by atoms with Gasteiger partial charge in [0.1, 0.15) is 5.75 Å². The molecule has 0 aliphatic carbocycles. The first kappa shape index (κ1) is 15.1. The van der Waals surface area contributed by atoms with Crippen LogP contribution in [0, 0.1) is 10.1 Å². The second kappa shape index (κ2) is 5.97. The lowest BCUT2D eigenvalue weighted by Crippen LogP contribution is -2.13. The highest BCUT2D eigenvalue weighted by Crippen LogP contribution is 2.21. The van der Waals surface area contributed by atoms with Crippen LogP contribution in [0.25, 0.3) is 11.5 Å². The highest BCUT2D eigenvalue weighted by atomic mass is 32.2. The number of nitro groups is 1. The lowest BCUT2D eigenvalue weighted by Gasteiger charge is -1.96. The van der Waals surface area contributed by atoms with Crippen molar-refractivity contribution < 1.29 is 23.0 Å². The van der Waals surface area contributed by atoms with Crippen LogP contribution in [-0.4, -0.2) is 40.9 Å². The summed E-state index contributed by atoms with van der Waals surface area (Å²) in [5.41, 5.74) is 0.364. The summed E-state index contributed by atoms with van der Waals surface area (Å²) in [6.45, 7) is -0.477. The SMILES string of the molecule is O=[N+]([O-])c1ccc(-c2nc(CS(=O)(=O)CCO)no2)cc1. The number of sulfone groups is 1. The van der Waals surface area contributed by atoms with E-state index in [0.717, 1.165) is 0 Å². The van der Waals surface area contributed by atoms with Gasteiger partial charge in [-0.3, -0.25) is 10.1 Å². The van der Waals surface area contributed by atoms with Gasteiger partial charge in [0, 0.05) is 17.7 Å². The second-order valence-electron chi connectivity index (χ2n) is 4.14. The highest BCUT2D eigenvalue weighted by molar-refractivity contribution is 7.90. The minimum absolute atomic E-state index is 0.0307. The molecule has 0 radical (unpaired) electrons. The van der Waals surface area contributed by atoms with Crippen molar-refractivity contribution in [2.45, 2.75) is 5.75 Å². The predicted molar refractivity (Wildman–Crippen MR) is 71.0 cm³/mol. The fraction of sp³-hybridized carbons (Fsp3) is 0.273. The Morgan fingerprint density at radius 2 is 1.95 bits per heavy atom. The summed E-state index contributed by atoms with van der Waals surface area (Å²) in [5.74, 6) is -0.783. The van der Waals surface area contributed by atoms with Crippen molar-refractivity contribution in [1.82, 2.24) is 10.1 Å². The Hall–Kier alpha value is -2.33. The number of nitro benzene ring substituents is 1. The van der Waals surface area contributed by atoms with E-state index in [0.29, 0.717) is 5.56 Å². The number of rotatable bonds is 6. The monoisotopic (exact) mass is 313 g/mol. The van der Waals surface area contributed by atoms with E-state index in [4.69, 9.17) is 9.63 Å². The molecule has 0 saturated carbocycles. The topological polar surface area (TPSA) is 136 Å². The van der Waals surface area contributed by atoms with Crippen molar-refractivity contribution in [3.05, 3.63) is 40.2 Å². The summed E-state index contributed by atoms with van der Waals surface area (Å²) in [7, 11) is -3.50. The van der Waals surface area contributed by atoms with Gasteiger partial charge in [0.25, 0.3) is 11.6 Å². The molecule has 0 saturated heterocycles. The maximum atomic E-state index is 11.5. The molecule has 0 fully saturated rings. The van der Waals surface area contributed by atoms with Crippen LogP contribution < -0.4 is 0 Å². The number of non-ortho nitro benzene ring substituents is 1. The first-order valence-electron chi connectivity index (χ1n) is 5.80. The lowest BCUT2D eigenvalue weighted by atomic mass is 10.2. The minimum Gasteiger partial charge on any atom is -0.395 e. The summed E-state index contributed by atoms with van der Waals surface area (Å²) < 4.78 is 27.9. The Morgan fingerprint density at radius 1 is 1.29 bits per heavy atom. The molecule has 0 spiro atoms. The number of hydrogen-bond acceptors (Lipinski definition) is 8. The van der Waals surface area contributed by atoms with Gasteiger partial charge in [0.2, 0.25) is 0 Å². The van der Waals surface area contributed by atoms with Crippen LogP contribution in [0.4, 0.5) is 5.69 Å². The van der Waals surface area contributed by atoms with Gasteiger partial charge >= 0.3 is 0 Å². The molecule has 2 rings (SSSR count). The molecule has 0 amide bonds. The van der Waals surface area contributed by atoms with Gasteiger partial charge in [0.05, 0.1) is 17.3 Å². The number of hydrogen-bond donors (Lipinski definition) is 1. The van der Waals surface area contributed by atoms with Gasteiger partial charge in [-0.2, -0.15) is 4.98 Å². The average Bonchev–Trinajstić information content (AvgIpc) is 2.86. The summed E-state index contributed by atoms with van der Waals surface area (Å²) >= 11 is 0. The van der Waals surface area contributed by atoms with Crippen LogP contribution in [0.2, 0.25) is 0 Å². The van der Waals surface area contributed by atoms with E-state index in [1.165, 1.54) is 24.3 Å². The predicted octanol–water partition coefficient (Wildman–Crippen LogP) is 0.552. The second-order valence-corrected chi connectivity index (χ2v) is 6.32. The van der Waals surface area contributed by atoms with E-state index >= 15 is 0 Å². The molecule has 0 unspecified atom stereocenters. The maximum Gasteiger partial charge on any atom is 0.269 e. The van der Waals surface area contributed by atoms with Crippen LogP contribution in [0.5, 0.6) is 0 Å². The van der Waals surface area contributed by atoms with Gasteiger partial charge < -0.3 is 9.63 Å². The van der Waals surface area contributed by atoms with Crippen LogP contribution in [0.15, 0.2) is 28.8 Å². The molecule has 10 heteroatoms. The number of benzene rings is 1. The van der Waals surface area contributed by atoms with Crippen molar-refractivity contribution in [2.75, 3.05) is 12.4 Å². The molecule has 2 aromatic rings. The largest absolute Gasteiger partial charge is 0.395 e. The van der Waals surface area contributed by atoms with Gasteiger partial charge in [-0.1, -0.05) is 5.16 Å². The van der Waals surface area contributed by atoms with Crippen LogP contribution in [-0.2, 0) is 15.6 Å². The molecule has 1 aromatic carbocycles. The Morgan fingerprint density at radius 3 is 2.52 bits per heavy atom. The zero-order valence-corrected chi connectivity index (χ0v) is 11.5. The van der Waals surface area contributed by atoms with Crippen molar-refractivity contribution in [3.8, 4) is 11.5 Å². The van der Waals surface area contributed by atoms with Crippen molar-refractivity contribution in [1.29, 1.82) is 0 Å². The van der Waals surface area contributed by atoms with Crippen molar-refractivity contribution >= 4 is 15.5 Å². The van der Waals surface area contributed by atoms with Crippen LogP contribution in [0.3, 0.4) is 0 Å². The zero-order chi connectivity index (χ0) is 15.5. The molecule has 1 N–H and O–H groups in total. The van der Waals surface area contributed by atoms with E-state index in [9.17, 15) is 18.5 Å². The summed E-state index contributed by atoms with van der Waals surface area (Å²) in [6.07, 6.45) is 0. The third kappa shape index (κ3) is 3.83. The standard InChI is InChI=1S/C11H11N3O6S/c15-5-6-21(18,19)7-10-12-11(20-13-10)8-1-3-9(4-2-8)14(16)17/h1-4,15H,5-7H2. The molecular formula is C11H11N3O6S. The molecule has 112 valence electrons. The lowest BCUT2D eigenvalue weighted by molar-refractivity contribution is -0.384. The highest BCUT2D eigenvalue weighted by Gasteiger charge is 2.17. The Labute approximate surface area is 119 Å². The Kier molecular flexibility index (Phi) is 4.29. The Bertz CT molecular complexity index is 738. The number of aliphatic hydroxyl groups is 1. The van der Waals surface area contributed by atoms with Gasteiger partial charge in [-0.15, -0.1) is 0 Å². The van der Waals surface area contributed by atoms with Crippen molar-refractivity contribution in [2.24, 2.45) is 0 Å². The molecule has 0 aliphatic heterocycles. The van der Waals surface area contributed by atoms with Gasteiger partial charge in [-0.25, -0.2) is 8.42 Å². The number of aliphatic hydroxyl groups excluding tert-OH is 1. The van der Waals surface area contributed by atoms with Crippen LogP contribution in [0.1, 0.15) is 5.82 Å². The van der Waals surface area contributed by atoms with Crippen LogP contribution >= 0.6 is 0 Å². The van der Waals surface area contributed by atoms with E-state index in [2.05, 4.69) is 10.1 Å². The first-order valence-corrected chi connectivity index (χ1v) is 7.62. The molecule has 0 atom stereocenters. The summed E-state index contributed by atoms with van der Waals surface area (Å²) in [4.78, 5) is 13.9. The van der Waals surface area contributed by atoms with E-state index < -0.39 is 27.1 Å². The first-order chi connectivity index (χ1) is 9.91. The maximum absolute atomic E-state index is 11.5. The molecule has 21 heavy (non-hydrogen) atoms. The van der Waals surface area contributed by atoms with E-state index in [1.807, 2.05) is 0 Å². The average molecular weight is 313 g/mol. The molecule has 0 bridgehead atoms. The molecular weight excluding hydrogens is 302 g/mol. The summed E-state index contributed by atoms with van der Waals surface area (Å²) in [6, 6.07) is 5.42. The molecule has 1 aromatic heterocycles. The summed E-state index contributed by atoms with van der Waals surface area (Å²) in [5, 5.41) is 22.7. The number of nitrogens with zero attached hydrogens (tertiary/aromatic N) is 3. The van der Waals surface area contributed by atoms with Gasteiger partial charge in [-0.05, 0) is 12.1 Å². The Balaban J connectivity index is 2.18. The van der Waals surface area contributed by atoms with Gasteiger partial charge in [0.15, 0.2) is 15.7 Å². The molecule has 0 aliphatic rings. The van der Waals surface area contributed by atoms with E-state index in [-0.39, 0.29) is 23.2 Å².